The van der Waals surface area contributed by atoms with E-state index in [-0.39, 0.29) is 0 Å². The van der Waals surface area contributed by atoms with Crippen LogP contribution in [0, 0.1) is 0 Å². The molecule has 1 fully saturated rings. The van der Waals surface area contributed by atoms with Crippen molar-refractivity contribution in [1.29, 1.82) is 0 Å². The molecule has 0 aliphatic carbocycles. The third kappa shape index (κ3) is 1.92. The maximum atomic E-state index is 4.24. The largest absolute Gasteiger partial charge is 0.298 e. The molecule has 0 aromatic heterocycles. The average Bonchev–Trinajstić information content (AvgIpc) is 2.02. The molecule has 3 nitrogen and oxygen atoms in total. The van der Waals surface area contributed by atoms with E-state index in [1.54, 1.807) is 0 Å². The number of hydrogen-bond donors (Lipinski definition) is 0. The number of nitrogens with zero attached hydrogens (tertiary/aromatic N) is 3. The molecule has 0 spiro atoms. The molecule has 0 aromatic carbocycles. The van der Waals surface area contributed by atoms with Gasteiger partial charge in [0.1, 0.15) is 0 Å². The molecule has 1 saturated heterocycles. The van der Waals surface area contributed by atoms with Crippen LogP contribution in [0.3, 0.4) is 0 Å². The van der Waals surface area contributed by atoms with Crippen molar-refractivity contribution in [2.45, 2.75) is 25.9 Å². The Morgan fingerprint density at radius 2 is 2.15 bits per heavy atom. The van der Waals surface area contributed by atoms with Crippen molar-refractivity contribution in [3.05, 3.63) is 0 Å². The van der Waals surface area contributed by atoms with Gasteiger partial charge in [0, 0.05) is 44.5 Å². The van der Waals surface area contributed by atoms with Crippen molar-refractivity contribution in [2.24, 2.45) is 4.99 Å². The second kappa shape index (κ2) is 3.76. The fourth-order valence-electron chi connectivity index (χ4n) is 2.00. The zero-order chi connectivity index (χ0) is 9.26. The Morgan fingerprint density at radius 1 is 1.38 bits per heavy atom. The zero-order valence-corrected chi connectivity index (χ0v) is 8.61. The zero-order valence-electron chi connectivity index (χ0n) is 8.61. The summed E-state index contributed by atoms with van der Waals surface area (Å²) >= 11 is 0. The van der Waals surface area contributed by atoms with Crippen LogP contribution >= 0.6 is 0 Å². The predicted molar refractivity (Wildman–Crippen MR) is 55.4 cm³/mol. The molecule has 2 aliphatic rings. The summed E-state index contributed by atoms with van der Waals surface area (Å²) in [4.78, 5) is 9.31. The predicted octanol–water partition coefficient (Wildman–Crippen LogP) is 0.465. The van der Waals surface area contributed by atoms with Gasteiger partial charge in [-0.2, -0.15) is 0 Å². The van der Waals surface area contributed by atoms with E-state index in [0.29, 0.717) is 0 Å². The third-order valence-electron chi connectivity index (χ3n) is 3.10. The summed E-state index contributed by atoms with van der Waals surface area (Å²) in [5.41, 5.74) is 0. The standard InChI is InChI=1S/C10H19N3/c1-9(2)13-7-10(8-13)12-5-3-11-4-6-12/h3,9-10H,4-8H2,1-2H3. The first-order chi connectivity index (χ1) is 6.27. The van der Waals surface area contributed by atoms with Gasteiger partial charge in [-0.3, -0.25) is 14.8 Å². The van der Waals surface area contributed by atoms with E-state index >= 15 is 0 Å². The highest BCUT2D eigenvalue weighted by Crippen LogP contribution is 2.17. The Labute approximate surface area is 80.4 Å². The topological polar surface area (TPSA) is 18.8 Å². The smallest absolute Gasteiger partial charge is 0.0513 e. The lowest BCUT2D eigenvalue weighted by Crippen LogP contribution is -2.62. The Bertz CT molecular complexity index is 194. The molecule has 0 amide bonds. The first-order valence-corrected chi connectivity index (χ1v) is 5.24. The van der Waals surface area contributed by atoms with Gasteiger partial charge in [0.15, 0.2) is 0 Å². The van der Waals surface area contributed by atoms with Crippen LogP contribution in [0.5, 0.6) is 0 Å². The first-order valence-electron chi connectivity index (χ1n) is 5.24. The van der Waals surface area contributed by atoms with Crippen LogP contribution < -0.4 is 0 Å². The second-order valence-electron chi connectivity index (χ2n) is 4.29. The number of rotatable bonds is 2. The monoisotopic (exact) mass is 181 g/mol. The van der Waals surface area contributed by atoms with Crippen molar-refractivity contribution in [1.82, 2.24) is 9.80 Å². The van der Waals surface area contributed by atoms with E-state index < -0.39 is 0 Å². The molecular formula is C10H19N3. The highest BCUT2D eigenvalue weighted by Gasteiger charge is 2.32. The van der Waals surface area contributed by atoms with Gasteiger partial charge < -0.3 is 0 Å². The summed E-state index contributed by atoms with van der Waals surface area (Å²) in [7, 11) is 0. The lowest BCUT2D eigenvalue weighted by atomic mass is 10.0. The van der Waals surface area contributed by atoms with Crippen LogP contribution in [0.15, 0.2) is 4.99 Å². The minimum Gasteiger partial charge on any atom is -0.298 e. The molecule has 0 bridgehead atoms. The normalized spacial score (nSPS) is 26.7. The minimum absolute atomic E-state index is 0.717. The maximum absolute atomic E-state index is 4.24. The van der Waals surface area contributed by atoms with Gasteiger partial charge in [-0.05, 0) is 13.8 Å². The van der Waals surface area contributed by atoms with Crippen LogP contribution in [0.2, 0.25) is 0 Å². The van der Waals surface area contributed by atoms with Crippen molar-refractivity contribution in [2.75, 3.05) is 32.7 Å². The van der Waals surface area contributed by atoms with Crippen LogP contribution in [0.25, 0.3) is 0 Å². The molecule has 74 valence electrons. The van der Waals surface area contributed by atoms with Crippen LogP contribution in [-0.2, 0) is 0 Å². The van der Waals surface area contributed by atoms with E-state index in [0.717, 1.165) is 31.7 Å². The van der Waals surface area contributed by atoms with Crippen molar-refractivity contribution in [3.8, 4) is 0 Å². The van der Waals surface area contributed by atoms with Gasteiger partial charge in [0.2, 0.25) is 0 Å². The van der Waals surface area contributed by atoms with Crippen molar-refractivity contribution >= 4 is 6.21 Å². The molecule has 0 aromatic rings. The maximum Gasteiger partial charge on any atom is 0.0513 e. The molecule has 13 heavy (non-hydrogen) atoms. The van der Waals surface area contributed by atoms with E-state index in [1.165, 1.54) is 13.1 Å². The second-order valence-corrected chi connectivity index (χ2v) is 4.29. The van der Waals surface area contributed by atoms with Gasteiger partial charge in [0.05, 0.1) is 6.54 Å². The fraction of sp³-hybridized carbons (Fsp3) is 0.900. The Hall–Kier alpha value is -0.410. The van der Waals surface area contributed by atoms with E-state index in [2.05, 4.69) is 34.9 Å². The quantitative estimate of drug-likeness (QED) is 0.616. The highest BCUT2D eigenvalue weighted by atomic mass is 15.3. The highest BCUT2D eigenvalue weighted by molar-refractivity contribution is 5.60. The molecule has 2 rings (SSSR count). The van der Waals surface area contributed by atoms with Gasteiger partial charge in [-0.25, -0.2) is 0 Å². The summed E-state index contributed by atoms with van der Waals surface area (Å²) in [6.07, 6.45) is 2.06. The Balaban J connectivity index is 1.76. The van der Waals surface area contributed by atoms with Crippen molar-refractivity contribution < 1.29 is 0 Å². The average molecular weight is 181 g/mol. The van der Waals surface area contributed by atoms with Crippen molar-refractivity contribution in [3.63, 3.8) is 0 Å². The van der Waals surface area contributed by atoms with Crippen LogP contribution in [0.1, 0.15) is 13.8 Å². The molecular weight excluding hydrogens is 162 g/mol. The van der Waals surface area contributed by atoms with Gasteiger partial charge in [0.25, 0.3) is 0 Å². The van der Waals surface area contributed by atoms with E-state index in [9.17, 15) is 0 Å². The SMILES string of the molecule is CC(C)N1CC(N2CC=NCC2)C1. The third-order valence-corrected chi connectivity index (χ3v) is 3.10. The molecule has 0 saturated carbocycles. The molecule has 2 aliphatic heterocycles. The minimum atomic E-state index is 0.717. The molecule has 3 heteroatoms. The lowest BCUT2D eigenvalue weighted by Gasteiger charge is -2.47. The van der Waals surface area contributed by atoms with E-state index in [4.69, 9.17) is 0 Å². The van der Waals surface area contributed by atoms with E-state index in [1.807, 2.05) is 0 Å². The molecule has 2 heterocycles. The first kappa shape index (κ1) is 9.16. The number of hydrogen-bond acceptors (Lipinski definition) is 3. The summed E-state index contributed by atoms with van der Waals surface area (Å²) in [5.74, 6) is 0. The summed E-state index contributed by atoms with van der Waals surface area (Å²) < 4.78 is 0. The fourth-order valence-corrected chi connectivity index (χ4v) is 2.00. The molecule has 0 radical (unpaired) electrons. The van der Waals surface area contributed by atoms with Crippen LogP contribution in [0.4, 0.5) is 0 Å². The Morgan fingerprint density at radius 3 is 2.69 bits per heavy atom. The number of aliphatic imine (C=N–C) groups is 1. The summed E-state index contributed by atoms with van der Waals surface area (Å²) in [6, 6.07) is 1.52. The molecule has 0 atom stereocenters. The summed E-state index contributed by atoms with van der Waals surface area (Å²) in [6.45, 7) is 10.3. The Kier molecular flexibility index (Phi) is 2.65. The summed E-state index contributed by atoms with van der Waals surface area (Å²) in [5, 5.41) is 0. The molecule has 0 N–H and O–H groups in total. The van der Waals surface area contributed by atoms with Gasteiger partial charge in [-0.1, -0.05) is 0 Å². The van der Waals surface area contributed by atoms with Gasteiger partial charge in [-0.15, -0.1) is 0 Å². The van der Waals surface area contributed by atoms with Crippen LogP contribution in [-0.4, -0.2) is 60.8 Å². The lowest BCUT2D eigenvalue weighted by molar-refractivity contribution is 0.0221. The van der Waals surface area contributed by atoms with Gasteiger partial charge >= 0.3 is 0 Å². The number of likely N-dealkylation sites (tertiary alicyclic amines) is 1. The molecule has 0 unspecified atom stereocenters.